The molecule has 5 heteroatoms. The molecule has 1 rings (SSSR count). The number of rotatable bonds is 3. The molecule has 0 saturated heterocycles. The van der Waals surface area contributed by atoms with Crippen LogP contribution in [-0.2, 0) is 0 Å². The van der Waals surface area contributed by atoms with Gasteiger partial charge in [0.25, 0.3) is 0 Å². The summed E-state index contributed by atoms with van der Waals surface area (Å²) in [7, 11) is 0. The molecule has 0 bridgehead atoms. The zero-order valence-corrected chi connectivity index (χ0v) is 9.14. The van der Waals surface area contributed by atoms with Crippen LogP contribution in [0.5, 0.6) is 5.75 Å². The predicted octanol–water partition coefficient (Wildman–Crippen LogP) is 2.57. The molecule has 2 N–H and O–H groups in total. The van der Waals surface area contributed by atoms with Gasteiger partial charge < -0.3 is 10.5 Å². The van der Waals surface area contributed by atoms with Gasteiger partial charge in [0.05, 0.1) is 0 Å². The minimum Gasteiger partial charge on any atom is -0.480 e. The second-order valence-electron chi connectivity index (χ2n) is 3.63. The highest BCUT2D eigenvalue weighted by molar-refractivity contribution is 5.34. The van der Waals surface area contributed by atoms with E-state index in [0.29, 0.717) is 0 Å². The molecule has 0 aliphatic rings. The van der Waals surface area contributed by atoms with Gasteiger partial charge >= 0.3 is 6.18 Å². The monoisotopic (exact) mass is 233 g/mol. The topological polar surface area (TPSA) is 35.2 Å². The smallest absolute Gasteiger partial charge is 0.426 e. The van der Waals surface area contributed by atoms with E-state index >= 15 is 0 Å². The quantitative estimate of drug-likeness (QED) is 0.870. The third kappa shape index (κ3) is 3.13. The Morgan fingerprint density at radius 2 is 1.88 bits per heavy atom. The van der Waals surface area contributed by atoms with Gasteiger partial charge in [0.15, 0.2) is 0 Å². The molecule has 16 heavy (non-hydrogen) atoms. The van der Waals surface area contributed by atoms with Crippen LogP contribution in [0, 0.1) is 13.8 Å². The average Bonchev–Trinajstić information content (AvgIpc) is 2.18. The van der Waals surface area contributed by atoms with Crippen molar-refractivity contribution in [2.75, 3.05) is 6.54 Å². The Morgan fingerprint density at radius 3 is 2.31 bits per heavy atom. The van der Waals surface area contributed by atoms with Gasteiger partial charge in [-0.1, -0.05) is 6.07 Å². The molecule has 0 aliphatic heterocycles. The van der Waals surface area contributed by atoms with Crippen LogP contribution in [0.1, 0.15) is 11.1 Å². The van der Waals surface area contributed by atoms with E-state index in [4.69, 9.17) is 10.5 Å². The van der Waals surface area contributed by atoms with E-state index in [-0.39, 0.29) is 5.75 Å². The molecule has 0 heterocycles. The van der Waals surface area contributed by atoms with Gasteiger partial charge in [-0.15, -0.1) is 0 Å². The molecule has 1 unspecified atom stereocenters. The first kappa shape index (κ1) is 12.8. The summed E-state index contributed by atoms with van der Waals surface area (Å²) in [6.45, 7) is 3.10. The van der Waals surface area contributed by atoms with Crippen molar-refractivity contribution < 1.29 is 17.9 Å². The van der Waals surface area contributed by atoms with Crippen molar-refractivity contribution in [3.63, 3.8) is 0 Å². The van der Waals surface area contributed by atoms with Gasteiger partial charge in [0, 0.05) is 6.54 Å². The fourth-order valence-electron chi connectivity index (χ4n) is 1.20. The first-order valence-electron chi connectivity index (χ1n) is 4.85. The fraction of sp³-hybridized carbons (Fsp3) is 0.455. The molecule has 0 spiro atoms. The Bertz CT molecular complexity index is 363. The van der Waals surface area contributed by atoms with Crippen molar-refractivity contribution >= 4 is 0 Å². The van der Waals surface area contributed by atoms with Crippen molar-refractivity contribution in [1.29, 1.82) is 0 Å². The lowest BCUT2D eigenvalue weighted by molar-refractivity contribution is -0.191. The van der Waals surface area contributed by atoms with E-state index in [0.717, 1.165) is 11.1 Å². The van der Waals surface area contributed by atoms with Crippen LogP contribution in [0.3, 0.4) is 0 Å². The average molecular weight is 233 g/mol. The lowest BCUT2D eigenvalue weighted by Gasteiger charge is -2.20. The van der Waals surface area contributed by atoms with Gasteiger partial charge in [-0.3, -0.25) is 0 Å². The lowest BCUT2D eigenvalue weighted by Crippen LogP contribution is -2.40. The number of hydrogen-bond donors (Lipinski definition) is 1. The Morgan fingerprint density at radius 1 is 1.25 bits per heavy atom. The lowest BCUT2D eigenvalue weighted by atomic mass is 10.1. The van der Waals surface area contributed by atoms with Gasteiger partial charge in [0.2, 0.25) is 6.10 Å². The molecule has 1 aromatic carbocycles. The molecule has 0 aliphatic carbocycles. The minimum absolute atomic E-state index is 0.191. The minimum atomic E-state index is -4.44. The summed E-state index contributed by atoms with van der Waals surface area (Å²) in [6, 6.07) is 4.80. The molecule has 2 nitrogen and oxygen atoms in total. The van der Waals surface area contributed by atoms with Crippen LogP contribution in [0.25, 0.3) is 0 Å². The third-order valence-electron chi connectivity index (χ3n) is 2.34. The molecular formula is C11H14F3NO. The van der Waals surface area contributed by atoms with Gasteiger partial charge in [0.1, 0.15) is 5.75 Å². The second-order valence-corrected chi connectivity index (χ2v) is 3.63. The maximum Gasteiger partial charge on any atom is 0.426 e. The van der Waals surface area contributed by atoms with Crippen molar-refractivity contribution in [3.05, 3.63) is 29.3 Å². The van der Waals surface area contributed by atoms with E-state index in [1.165, 1.54) is 6.07 Å². The molecule has 0 amide bonds. The van der Waals surface area contributed by atoms with E-state index in [1.54, 1.807) is 12.1 Å². The van der Waals surface area contributed by atoms with E-state index in [1.807, 2.05) is 13.8 Å². The highest BCUT2D eigenvalue weighted by atomic mass is 19.4. The summed E-state index contributed by atoms with van der Waals surface area (Å²) in [4.78, 5) is 0. The third-order valence-corrected chi connectivity index (χ3v) is 2.34. The van der Waals surface area contributed by atoms with Crippen molar-refractivity contribution in [2.45, 2.75) is 26.1 Å². The number of hydrogen-bond acceptors (Lipinski definition) is 2. The molecule has 0 fully saturated rings. The summed E-state index contributed by atoms with van der Waals surface area (Å²) in [6.07, 6.45) is -6.39. The summed E-state index contributed by atoms with van der Waals surface area (Å²) >= 11 is 0. The van der Waals surface area contributed by atoms with Crippen molar-refractivity contribution in [2.24, 2.45) is 5.73 Å². The number of benzene rings is 1. The van der Waals surface area contributed by atoms with Crippen LogP contribution in [0.2, 0.25) is 0 Å². The Balaban J connectivity index is 2.83. The van der Waals surface area contributed by atoms with Gasteiger partial charge in [-0.25, -0.2) is 0 Å². The number of halogens is 3. The molecule has 1 atom stereocenters. The van der Waals surface area contributed by atoms with E-state index in [2.05, 4.69) is 0 Å². The Labute approximate surface area is 92.2 Å². The Kier molecular flexibility index (Phi) is 3.80. The largest absolute Gasteiger partial charge is 0.480 e. The maximum absolute atomic E-state index is 12.4. The van der Waals surface area contributed by atoms with Crippen LogP contribution in [0.4, 0.5) is 13.2 Å². The predicted molar refractivity (Wildman–Crippen MR) is 55.4 cm³/mol. The molecular weight excluding hydrogens is 219 g/mol. The number of nitrogens with two attached hydrogens (primary N) is 1. The first-order chi connectivity index (χ1) is 7.34. The highest BCUT2D eigenvalue weighted by Gasteiger charge is 2.40. The summed E-state index contributed by atoms with van der Waals surface area (Å²) in [5, 5.41) is 0. The van der Waals surface area contributed by atoms with E-state index in [9.17, 15) is 13.2 Å². The second kappa shape index (κ2) is 4.74. The molecule has 0 aromatic heterocycles. The summed E-state index contributed by atoms with van der Waals surface area (Å²) in [5.74, 6) is 0.191. The van der Waals surface area contributed by atoms with Crippen molar-refractivity contribution in [3.8, 4) is 5.75 Å². The van der Waals surface area contributed by atoms with Crippen LogP contribution >= 0.6 is 0 Å². The SMILES string of the molecule is Cc1ccc(OC(CN)C(F)(F)F)cc1C. The first-order valence-corrected chi connectivity index (χ1v) is 4.85. The highest BCUT2D eigenvalue weighted by Crippen LogP contribution is 2.25. The maximum atomic E-state index is 12.4. The van der Waals surface area contributed by atoms with E-state index < -0.39 is 18.8 Å². The fourth-order valence-corrected chi connectivity index (χ4v) is 1.20. The molecule has 1 aromatic rings. The Hall–Kier alpha value is -1.23. The standard InChI is InChI=1S/C11H14F3NO/c1-7-3-4-9(5-8(7)2)16-10(6-15)11(12,13)14/h3-5,10H,6,15H2,1-2H3. The van der Waals surface area contributed by atoms with Gasteiger partial charge in [-0.05, 0) is 37.1 Å². The van der Waals surface area contributed by atoms with Gasteiger partial charge in [-0.2, -0.15) is 13.2 Å². The van der Waals surface area contributed by atoms with Crippen molar-refractivity contribution in [1.82, 2.24) is 0 Å². The summed E-state index contributed by atoms with van der Waals surface area (Å²) in [5.41, 5.74) is 6.92. The molecule has 0 radical (unpaired) electrons. The zero-order valence-electron chi connectivity index (χ0n) is 9.14. The van der Waals surface area contributed by atoms with Crippen LogP contribution in [-0.4, -0.2) is 18.8 Å². The number of alkyl halides is 3. The summed E-state index contributed by atoms with van der Waals surface area (Å²) < 4.78 is 42.0. The van der Waals surface area contributed by atoms with Crippen LogP contribution < -0.4 is 10.5 Å². The van der Waals surface area contributed by atoms with Crippen LogP contribution in [0.15, 0.2) is 18.2 Å². The number of aryl methyl sites for hydroxylation is 2. The molecule has 90 valence electrons. The molecule has 0 saturated carbocycles. The number of ether oxygens (including phenoxy) is 1. The zero-order chi connectivity index (χ0) is 12.3. The normalized spacial score (nSPS) is 13.6.